The van der Waals surface area contributed by atoms with Gasteiger partial charge in [-0.25, -0.2) is 4.79 Å². The lowest BCUT2D eigenvalue weighted by atomic mass is 9.75. The molecule has 0 saturated carbocycles. The SMILES string of the molecule is CC(C)C[C@@H](NC(=O)[C@@H](Cc1cccc2ccccc12)NC(=O)N1CCOCC1)B(O)O. The number of hydrogen-bond acceptors (Lipinski definition) is 5. The number of urea groups is 1. The zero-order valence-electron chi connectivity index (χ0n) is 18.7. The highest BCUT2D eigenvalue weighted by Gasteiger charge is 2.31. The molecule has 1 heterocycles. The molecule has 0 bridgehead atoms. The number of hydrogen-bond donors (Lipinski definition) is 4. The summed E-state index contributed by atoms with van der Waals surface area (Å²) in [7, 11) is -1.69. The molecule has 0 unspecified atom stereocenters. The first-order valence-corrected chi connectivity index (χ1v) is 11.1. The third-order valence-corrected chi connectivity index (χ3v) is 5.63. The third kappa shape index (κ3) is 6.45. The van der Waals surface area contributed by atoms with Gasteiger partial charge in [0.25, 0.3) is 0 Å². The summed E-state index contributed by atoms with van der Waals surface area (Å²) in [6.07, 6.45) is 0.682. The summed E-state index contributed by atoms with van der Waals surface area (Å²) in [5.41, 5.74) is 0.926. The maximum atomic E-state index is 13.2. The van der Waals surface area contributed by atoms with E-state index in [0.29, 0.717) is 32.7 Å². The summed E-state index contributed by atoms with van der Waals surface area (Å²) in [5.74, 6) is -1.11. The quantitative estimate of drug-likeness (QED) is 0.462. The van der Waals surface area contributed by atoms with Crippen LogP contribution in [-0.4, -0.2) is 72.3 Å². The van der Waals surface area contributed by atoms with E-state index in [4.69, 9.17) is 4.74 Å². The molecule has 3 rings (SSSR count). The molecule has 1 saturated heterocycles. The molecule has 172 valence electrons. The van der Waals surface area contributed by atoms with Gasteiger partial charge in [-0.15, -0.1) is 0 Å². The van der Waals surface area contributed by atoms with E-state index in [9.17, 15) is 19.6 Å². The fourth-order valence-electron chi connectivity index (χ4n) is 3.95. The summed E-state index contributed by atoms with van der Waals surface area (Å²) < 4.78 is 5.31. The van der Waals surface area contributed by atoms with Gasteiger partial charge in [-0.3, -0.25) is 4.79 Å². The highest BCUT2D eigenvalue weighted by Crippen LogP contribution is 2.20. The molecule has 0 aliphatic carbocycles. The fraction of sp³-hybridized carbons (Fsp3) is 0.478. The molecule has 3 amide bonds. The van der Waals surface area contributed by atoms with E-state index in [0.717, 1.165) is 16.3 Å². The van der Waals surface area contributed by atoms with Crippen LogP contribution in [0.2, 0.25) is 0 Å². The van der Waals surface area contributed by atoms with Gasteiger partial charge in [-0.2, -0.15) is 0 Å². The minimum atomic E-state index is -1.69. The zero-order valence-corrected chi connectivity index (χ0v) is 18.7. The average molecular weight is 441 g/mol. The number of amides is 3. The molecular formula is C23H32BN3O5. The van der Waals surface area contributed by atoms with Crippen LogP contribution in [-0.2, 0) is 16.0 Å². The van der Waals surface area contributed by atoms with Crippen molar-refractivity contribution in [3.8, 4) is 0 Å². The highest BCUT2D eigenvalue weighted by atomic mass is 16.5. The predicted molar refractivity (Wildman–Crippen MR) is 124 cm³/mol. The van der Waals surface area contributed by atoms with Gasteiger partial charge in [0.2, 0.25) is 5.91 Å². The van der Waals surface area contributed by atoms with Gasteiger partial charge < -0.3 is 30.3 Å². The molecule has 1 aliphatic rings. The standard InChI is InChI=1S/C23H32BN3O5/c1-16(2)14-21(24(30)31)26-22(28)20(25-23(29)27-10-12-32-13-11-27)15-18-8-5-7-17-6-3-4-9-19(17)18/h3-9,16,20-21,30-31H,10-15H2,1-2H3,(H,25,29)(H,26,28)/t20-,21-/m1/s1. The zero-order chi connectivity index (χ0) is 23.1. The van der Waals surface area contributed by atoms with Crippen LogP contribution in [0.15, 0.2) is 42.5 Å². The number of fused-ring (bicyclic) bond motifs is 1. The van der Waals surface area contributed by atoms with Crippen LogP contribution < -0.4 is 10.6 Å². The minimum absolute atomic E-state index is 0.154. The van der Waals surface area contributed by atoms with Crippen molar-refractivity contribution in [1.82, 2.24) is 15.5 Å². The van der Waals surface area contributed by atoms with E-state index in [2.05, 4.69) is 10.6 Å². The molecule has 1 fully saturated rings. The Morgan fingerprint density at radius 1 is 1.06 bits per heavy atom. The Balaban J connectivity index is 1.82. The highest BCUT2D eigenvalue weighted by molar-refractivity contribution is 6.43. The van der Waals surface area contributed by atoms with Crippen molar-refractivity contribution in [1.29, 1.82) is 0 Å². The van der Waals surface area contributed by atoms with Gasteiger partial charge in [0.05, 0.1) is 19.2 Å². The molecule has 2 aromatic carbocycles. The van der Waals surface area contributed by atoms with Crippen LogP contribution >= 0.6 is 0 Å². The summed E-state index contributed by atoms with van der Waals surface area (Å²) in [4.78, 5) is 27.7. The van der Waals surface area contributed by atoms with Crippen LogP contribution in [0.3, 0.4) is 0 Å². The maximum Gasteiger partial charge on any atom is 0.475 e. The first-order valence-electron chi connectivity index (χ1n) is 11.1. The summed E-state index contributed by atoms with van der Waals surface area (Å²) in [6, 6.07) is 12.5. The lowest BCUT2D eigenvalue weighted by molar-refractivity contribution is -0.123. The van der Waals surface area contributed by atoms with Gasteiger partial charge in [-0.1, -0.05) is 56.3 Å². The first-order chi connectivity index (χ1) is 15.3. The van der Waals surface area contributed by atoms with Gasteiger partial charge in [0.15, 0.2) is 0 Å². The van der Waals surface area contributed by atoms with E-state index < -0.39 is 25.0 Å². The molecule has 8 nitrogen and oxygen atoms in total. The Morgan fingerprint density at radius 2 is 1.75 bits per heavy atom. The van der Waals surface area contributed by atoms with Crippen LogP contribution in [0, 0.1) is 5.92 Å². The molecule has 9 heteroatoms. The van der Waals surface area contributed by atoms with E-state index in [-0.39, 0.29) is 18.4 Å². The predicted octanol–water partition coefficient (Wildman–Crippen LogP) is 1.34. The second-order valence-corrected chi connectivity index (χ2v) is 8.60. The Morgan fingerprint density at radius 3 is 2.44 bits per heavy atom. The van der Waals surface area contributed by atoms with Crippen LogP contribution in [0.1, 0.15) is 25.8 Å². The molecule has 32 heavy (non-hydrogen) atoms. The number of carbonyl (C=O) groups excluding carboxylic acids is 2. The Hall–Kier alpha value is -2.62. The fourth-order valence-corrected chi connectivity index (χ4v) is 3.95. The van der Waals surface area contributed by atoms with E-state index in [1.165, 1.54) is 0 Å². The largest absolute Gasteiger partial charge is 0.475 e. The van der Waals surface area contributed by atoms with Crippen molar-refractivity contribution in [2.24, 2.45) is 5.92 Å². The van der Waals surface area contributed by atoms with E-state index >= 15 is 0 Å². The molecule has 1 aliphatic heterocycles. The van der Waals surface area contributed by atoms with Crippen molar-refractivity contribution < 1.29 is 24.4 Å². The first kappa shape index (κ1) is 24.0. The number of morpholine rings is 1. The minimum Gasteiger partial charge on any atom is -0.426 e. The molecule has 0 radical (unpaired) electrons. The summed E-state index contributed by atoms with van der Waals surface area (Å²) >= 11 is 0. The van der Waals surface area contributed by atoms with E-state index in [1.807, 2.05) is 56.3 Å². The Kier molecular flexibility index (Phi) is 8.49. The second kappa shape index (κ2) is 11.3. The number of rotatable bonds is 8. The van der Waals surface area contributed by atoms with Crippen molar-refractivity contribution in [3.63, 3.8) is 0 Å². The maximum absolute atomic E-state index is 13.2. The van der Waals surface area contributed by atoms with Crippen molar-refractivity contribution in [2.75, 3.05) is 26.3 Å². The number of nitrogens with zero attached hydrogens (tertiary/aromatic N) is 1. The summed E-state index contributed by atoms with van der Waals surface area (Å²) in [5, 5.41) is 27.1. The van der Waals surface area contributed by atoms with Crippen LogP contribution in [0.4, 0.5) is 4.79 Å². The molecule has 0 aromatic heterocycles. The van der Waals surface area contributed by atoms with Gasteiger partial charge in [0, 0.05) is 19.5 Å². The Labute approximate surface area is 189 Å². The average Bonchev–Trinajstić information content (AvgIpc) is 2.78. The number of ether oxygens (including phenoxy) is 1. The molecule has 4 N–H and O–H groups in total. The van der Waals surface area contributed by atoms with E-state index in [1.54, 1.807) is 4.90 Å². The lowest BCUT2D eigenvalue weighted by Gasteiger charge is -2.30. The van der Waals surface area contributed by atoms with Gasteiger partial charge >= 0.3 is 13.1 Å². The topological polar surface area (TPSA) is 111 Å². The monoisotopic (exact) mass is 441 g/mol. The molecule has 2 atom stereocenters. The van der Waals surface area contributed by atoms with Crippen molar-refractivity contribution in [2.45, 2.75) is 38.7 Å². The molecule has 0 spiro atoms. The number of benzene rings is 2. The van der Waals surface area contributed by atoms with Crippen LogP contribution in [0.25, 0.3) is 10.8 Å². The van der Waals surface area contributed by atoms with Gasteiger partial charge in [0.1, 0.15) is 6.04 Å². The van der Waals surface area contributed by atoms with Crippen LogP contribution in [0.5, 0.6) is 0 Å². The lowest BCUT2D eigenvalue weighted by Crippen LogP contribution is -2.57. The summed E-state index contributed by atoms with van der Waals surface area (Å²) in [6.45, 7) is 5.71. The molecule has 2 aromatic rings. The second-order valence-electron chi connectivity index (χ2n) is 8.60. The van der Waals surface area contributed by atoms with Gasteiger partial charge in [-0.05, 0) is 28.7 Å². The smallest absolute Gasteiger partial charge is 0.426 e. The normalized spacial score (nSPS) is 16.0. The Bertz CT molecular complexity index is 912. The third-order valence-electron chi connectivity index (χ3n) is 5.63. The van der Waals surface area contributed by atoms with Crippen molar-refractivity contribution in [3.05, 3.63) is 48.0 Å². The van der Waals surface area contributed by atoms with Crippen molar-refractivity contribution >= 4 is 29.8 Å². The number of carbonyl (C=O) groups is 2. The number of nitrogens with one attached hydrogen (secondary N) is 2. The molecular weight excluding hydrogens is 409 g/mol.